The topological polar surface area (TPSA) is 125 Å². The Morgan fingerprint density at radius 1 is 0.975 bits per heavy atom. The minimum Gasteiger partial charge on any atom is -0.346 e. The molecule has 4 aromatic heterocycles. The highest BCUT2D eigenvalue weighted by Gasteiger charge is 2.35. The molecule has 2 amide bonds. The van der Waals surface area contributed by atoms with Crippen molar-refractivity contribution in [1.82, 2.24) is 39.6 Å². The van der Waals surface area contributed by atoms with E-state index in [4.69, 9.17) is 10.1 Å². The molecule has 2 saturated carbocycles. The predicted molar refractivity (Wildman–Crippen MR) is 148 cm³/mol. The molecule has 7 rings (SSSR count). The van der Waals surface area contributed by atoms with Crippen LogP contribution in [0.5, 0.6) is 0 Å². The standard InChI is InChI=1S/C29H29N9O2/c1-36-16-17(14-31-36)13-30-29(40)26-23(15-32-37(26)2)34-28(39)21-12-22(18-8-9-18)33-27-24(21)25(19-10-11-19)35-38(27)20-6-4-3-5-7-20/h3-7,12,14-16,18-19H,8-11,13H2,1-2H3,(H,30,40)(H,34,39). The number of nitrogens with one attached hydrogen (secondary N) is 2. The summed E-state index contributed by atoms with van der Waals surface area (Å²) < 4.78 is 5.01. The maximum atomic E-state index is 14.0. The number of hydrogen-bond acceptors (Lipinski definition) is 6. The van der Waals surface area contributed by atoms with Gasteiger partial charge in [0.25, 0.3) is 11.8 Å². The number of rotatable bonds is 8. The number of aryl methyl sites for hydroxylation is 2. The van der Waals surface area contributed by atoms with Crippen molar-refractivity contribution in [3.8, 4) is 5.69 Å². The molecule has 2 fully saturated rings. The molecule has 0 unspecified atom stereocenters. The van der Waals surface area contributed by atoms with Gasteiger partial charge < -0.3 is 10.6 Å². The average Bonchev–Trinajstić information content (AvgIpc) is 3.88. The Balaban J connectivity index is 1.26. The van der Waals surface area contributed by atoms with Crippen molar-refractivity contribution in [1.29, 1.82) is 0 Å². The summed E-state index contributed by atoms with van der Waals surface area (Å²) in [5, 5.41) is 20.0. The first kappa shape index (κ1) is 24.3. The number of benzene rings is 1. The largest absolute Gasteiger partial charge is 0.346 e. The van der Waals surface area contributed by atoms with Crippen molar-refractivity contribution in [3.05, 3.63) is 83.2 Å². The molecule has 1 aromatic carbocycles. The van der Waals surface area contributed by atoms with Crippen LogP contribution in [-0.4, -0.2) is 46.1 Å². The predicted octanol–water partition coefficient (Wildman–Crippen LogP) is 3.82. The fourth-order valence-corrected chi connectivity index (χ4v) is 5.14. The third-order valence-electron chi connectivity index (χ3n) is 7.50. The van der Waals surface area contributed by atoms with Crippen LogP contribution in [0.3, 0.4) is 0 Å². The lowest BCUT2D eigenvalue weighted by molar-refractivity contribution is 0.0942. The summed E-state index contributed by atoms with van der Waals surface area (Å²) in [5.74, 6) is -0.00200. The number of para-hydroxylation sites is 1. The van der Waals surface area contributed by atoms with Gasteiger partial charge in [-0.3, -0.25) is 19.0 Å². The first-order chi connectivity index (χ1) is 19.5. The number of aromatic nitrogens is 7. The van der Waals surface area contributed by atoms with Crippen LogP contribution in [0.15, 0.2) is 55.0 Å². The number of hydrogen-bond donors (Lipinski definition) is 2. The first-order valence-electron chi connectivity index (χ1n) is 13.5. The molecule has 2 aliphatic rings. The first-order valence-corrected chi connectivity index (χ1v) is 13.5. The van der Waals surface area contributed by atoms with Gasteiger partial charge in [-0.05, 0) is 43.9 Å². The van der Waals surface area contributed by atoms with Crippen LogP contribution in [0.2, 0.25) is 0 Å². The molecular weight excluding hydrogens is 506 g/mol. The van der Waals surface area contributed by atoms with Gasteiger partial charge in [0.1, 0.15) is 5.69 Å². The van der Waals surface area contributed by atoms with Crippen LogP contribution < -0.4 is 10.6 Å². The quantitative estimate of drug-likeness (QED) is 0.311. The van der Waals surface area contributed by atoms with Crippen molar-refractivity contribution in [3.63, 3.8) is 0 Å². The second kappa shape index (κ2) is 9.44. The molecule has 2 N–H and O–H groups in total. The Bertz CT molecular complexity index is 1760. The van der Waals surface area contributed by atoms with Gasteiger partial charge in [-0.15, -0.1) is 0 Å². The van der Waals surface area contributed by atoms with Crippen molar-refractivity contribution in [2.75, 3.05) is 5.32 Å². The Morgan fingerprint density at radius 3 is 2.45 bits per heavy atom. The molecule has 2 aliphatic carbocycles. The summed E-state index contributed by atoms with van der Waals surface area (Å²) in [6.45, 7) is 0.310. The van der Waals surface area contributed by atoms with Crippen LogP contribution in [-0.2, 0) is 20.6 Å². The van der Waals surface area contributed by atoms with Gasteiger partial charge in [0, 0.05) is 49.9 Å². The maximum Gasteiger partial charge on any atom is 0.271 e. The summed E-state index contributed by atoms with van der Waals surface area (Å²) in [6.07, 6.45) is 9.23. The van der Waals surface area contributed by atoms with Gasteiger partial charge in [-0.2, -0.15) is 15.3 Å². The molecular formula is C29H29N9O2. The minimum atomic E-state index is -0.340. The number of carbonyl (C=O) groups is 2. The smallest absolute Gasteiger partial charge is 0.271 e. The Morgan fingerprint density at radius 2 is 1.75 bits per heavy atom. The summed E-state index contributed by atoms with van der Waals surface area (Å²) in [5.41, 5.74) is 5.43. The molecule has 4 heterocycles. The zero-order valence-electron chi connectivity index (χ0n) is 22.3. The lowest BCUT2D eigenvalue weighted by atomic mass is 10.0. The molecule has 11 heteroatoms. The zero-order valence-corrected chi connectivity index (χ0v) is 22.3. The highest BCUT2D eigenvalue weighted by Crippen LogP contribution is 2.45. The van der Waals surface area contributed by atoms with Gasteiger partial charge in [0.05, 0.1) is 40.4 Å². The van der Waals surface area contributed by atoms with Crippen molar-refractivity contribution < 1.29 is 9.59 Å². The molecule has 0 atom stereocenters. The highest BCUT2D eigenvalue weighted by molar-refractivity contribution is 6.14. The van der Waals surface area contributed by atoms with Crippen LogP contribution >= 0.6 is 0 Å². The van der Waals surface area contributed by atoms with E-state index in [0.717, 1.165) is 53.7 Å². The number of anilines is 1. The average molecular weight is 536 g/mol. The van der Waals surface area contributed by atoms with E-state index in [1.807, 2.05) is 54.3 Å². The Kier molecular flexibility index (Phi) is 5.72. The van der Waals surface area contributed by atoms with Crippen LogP contribution in [0.25, 0.3) is 16.7 Å². The van der Waals surface area contributed by atoms with Crippen LogP contribution in [0, 0.1) is 0 Å². The zero-order chi connectivity index (χ0) is 27.4. The Labute approximate surface area is 230 Å². The Hall–Kier alpha value is -4.80. The molecule has 0 spiro atoms. The molecule has 0 radical (unpaired) electrons. The summed E-state index contributed by atoms with van der Waals surface area (Å²) in [6, 6.07) is 11.8. The number of fused-ring (bicyclic) bond motifs is 1. The third-order valence-corrected chi connectivity index (χ3v) is 7.50. The summed E-state index contributed by atoms with van der Waals surface area (Å²) in [4.78, 5) is 32.2. The fraction of sp³-hybridized carbons (Fsp3) is 0.310. The second-order valence-electron chi connectivity index (χ2n) is 10.7. The van der Waals surface area contributed by atoms with E-state index in [1.165, 1.54) is 10.9 Å². The molecule has 202 valence electrons. The van der Waals surface area contributed by atoms with E-state index >= 15 is 0 Å². The third kappa shape index (κ3) is 4.42. The van der Waals surface area contributed by atoms with Crippen LogP contribution in [0.1, 0.15) is 75.3 Å². The maximum absolute atomic E-state index is 14.0. The number of pyridine rings is 1. The number of amides is 2. The van der Waals surface area contributed by atoms with Crippen molar-refractivity contribution in [2.45, 2.75) is 44.1 Å². The van der Waals surface area contributed by atoms with Gasteiger partial charge >= 0.3 is 0 Å². The minimum absolute atomic E-state index is 0.271. The van der Waals surface area contributed by atoms with E-state index in [2.05, 4.69) is 20.8 Å². The lowest BCUT2D eigenvalue weighted by Gasteiger charge is -2.11. The molecule has 0 bridgehead atoms. The molecule has 11 nitrogen and oxygen atoms in total. The van der Waals surface area contributed by atoms with Gasteiger partial charge in [0.2, 0.25) is 0 Å². The van der Waals surface area contributed by atoms with E-state index in [1.54, 1.807) is 17.9 Å². The number of nitrogens with zero attached hydrogens (tertiary/aromatic N) is 7. The van der Waals surface area contributed by atoms with Crippen molar-refractivity contribution >= 4 is 28.5 Å². The van der Waals surface area contributed by atoms with Gasteiger partial charge in [-0.25, -0.2) is 9.67 Å². The highest BCUT2D eigenvalue weighted by atomic mass is 16.2. The molecule has 40 heavy (non-hydrogen) atoms. The molecule has 0 saturated heterocycles. The van der Waals surface area contributed by atoms with E-state index in [0.29, 0.717) is 35.3 Å². The lowest BCUT2D eigenvalue weighted by Crippen LogP contribution is -2.26. The van der Waals surface area contributed by atoms with Gasteiger partial charge in [-0.1, -0.05) is 18.2 Å². The van der Waals surface area contributed by atoms with E-state index < -0.39 is 0 Å². The van der Waals surface area contributed by atoms with E-state index in [9.17, 15) is 9.59 Å². The van der Waals surface area contributed by atoms with E-state index in [-0.39, 0.29) is 17.5 Å². The molecule has 0 aliphatic heterocycles. The summed E-state index contributed by atoms with van der Waals surface area (Å²) in [7, 11) is 3.50. The van der Waals surface area contributed by atoms with Crippen LogP contribution in [0.4, 0.5) is 5.69 Å². The normalized spacial score (nSPS) is 14.9. The fourth-order valence-electron chi connectivity index (χ4n) is 5.14. The molecule has 5 aromatic rings. The SMILES string of the molecule is Cn1cc(CNC(=O)c2c(NC(=O)c3cc(C4CC4)nc4c3c(C3CC3)nn4-c3ccccc3)cnn2C)cn1. The van der Waals surface area contributed by atoms with Gasteiger partial charge in [0.15, 0.2) is 5.65 Å². The number of carbonyl (C=O) groups excluding carboxylic acids is 2. The van der Waals surface area contributed by atoms with Crippen molar-refractivity contribution in [2.24, 2.45) is 14.1 Å². The monoisotopic (exact) mass is 535 g/mol. The summed E-state index contributed by atoms with van der Waals surface area (Å²) >= 11 is 0. The second-order valence-corrected chi connectivity index (χ2v) is 10.7.